The molecule has 10 heteroatoms. The van der Waals surface area contributed by atoms with Crippen LogP contribution in [-0.4, -0.2) is 43.6 Å². The molecule has 28 heavy (non-hydrogen) atoms. The van der Waals surface area contributed by atoms with E-state index < -0.39 is 11.8 Å². The molecule has 0 radical (unpaired) electrons. The second-order valence-corrected chi connectivity index (χ2v) is 6.76. The minimum Gasteiger partial charge on any atom is -0.504 e. The first-order valence-corrected chi connectivity index (χ1v) is 9.12. The van der Waals surface area contributed by atoms with Gasteiger partial charge >= 0.3 is 0 Å². The molecule has 0 saturated heterocycles. The van der Waals surface area contributed by atoms with Gasteiger partial charge in [-0.15, -0.1) is 0 Å². The Bertz CT molecular complexity index is 947. The standard InChI is InChI=1S/C18H16IN3O6/c1-26-15-5-10(4-12(19)17(15)24)7-21-22-16(23)8-20-18(25)11-2-3-13-14(6-11)28-9-27-13/h2-7,24H,8-9H2,1H3,(H,20,25)(H,22,23). The predicted molar refractivity (Wildman–Crippen MR) is 108 cm³/mol. The van der Waals surface area contributed by atoms with Crippen molar-refractivity contribution in [2.24, 2.45) is 5.10 Å². The smallest absolute Gasteiger partial charge is 0.259 e. The molecule has 0 bridgehead atoms. The van der Waals surface area contributed by atoms with Crippen LogP contribution in [0.1, 0.15) is 15.9 Å². The topological polar surface area (TPSA) is 118 Å². The normalized spacial score (nSPS) is 12.1. The number of halogens is 1. The number of rotatable bonds is 6. The number of hydrazone groups is 1. The number of amides is 2. The van der Waals surface area contributed by atoms with Crippen molar-refractivity contribution in [1.29, 1.82) is 0 Å². The van der Waals surface area contributed by atoms with E-state index in [4.69, 9.17) is 14.2 Å². The summed E-state index contributed by atoms with van der Waals surface area (Å²) in [6, 6.07) is 8.02. The third kappa shape index (κ3) is 4.63. The molecule has 1 aliphatic heterocycles. The highest BCUT2D eigenvalue weighted by Gasteiger charge is 2.16. The minimum atomic E-state index is -0.495. The number of benzene rings is 2. The van der Waals surface area contributed by atoms with E-state index in [0.29, 0.717) is 31.9 Å². The van der Waals surface area contributed by atoms with E-state index in [0.717, 1.165) is 0 Å². The van der Waals surface area contributed by atoms with Crippen LogP contribution in [0, 0.1) is 3.57 Å². The Hall–Kier alpha value is -3.02. The summed E-state index contributed by atoms with van der Waals surface area (Å²) in [5, 5.41) is 16.1. The van der Waals surface area contributed by atoms with Crippen molar-refractivity contribution in [2.45, 2.75) is 0 Å². The van der Waals surface area contributed by atoms with Gasteiger partial charge in [0.15, 0.2) is 23.0 Å². The summed E-state index contributed by atoms with van der Waals surface area (Å²) >= 11 is 1.96. The van der Waals surface area contributed by atoms with Crippen molar-refractivity contribution in [3.05, 3.63) is 45.0 Å². The summed E-state index contributed by atoms with van der Waals surface area (Å²) in [7, 11) is 1.44. The molecule has 1 aliphatic rings. The van der Waals surface area contributed by atoms with Gasteiger partial charge in [0, 0.05) is 5.56 Å². The molecule has 0 atom stereocenters. The van der Waals surface area contributed by atoms with Gasteiger partial charge in [-0.25, -0.2) is 5.43 Å². The largest absolute Gasteiger partial charge is 0.504 e. The second kappa shape index (κ2) is 8.78. The Morgan fingerprint density at radius 3 is 2.86 bits per heavy atom. The molecule has 146 valence electrons. The summed E-state index contributed by atoms with van der Waals surface area (Å²) in [5.74, 6) is 0.483. The van der Waals surface area contributed by atoms with Gasteiger partial charge in [-0.05, 0) is 58.5 Å². The Kier molecular flexibility index (Phi) is 6.19. The highest BCUT2D eigenvalue weighted by molar-refractivity contribution is 14.1. The van der Waals surface area contributed by atoms with Crippen LogP contribution in [0.4, 0.5) is 0 Å². The highest BCUT2D eigenvalue weighted by atomic mass is 127. The van der Waals surface area contributed by atoms with Crippen molar-refractivity contribution in [1.82, 2.24) is 10.7 Å². The zero-order chi connectivity index (χ0) is 20.1. The number of phenols is 1. The summed E-state index contributed by atoms with van der Waals surface area (Å²) in [6.07, 6.45) is 1.40. The van der Waals surface area contributed by atoms with Crippen LogP contribution in [0.15, 0.2) is 35.4 Å². The number of methoxy groups -OCH3 is 1. The van der Waals surface area contributed by atoms with Crippen LogP contribution in [0.2, 0.25) is 0 Å². The summed E-state index contributed by atoms with van der Waals surface area (Å²) in [6.45, 7) is -0.131. The molecule has 0 spiro atoms. The quantitative estimate of drug-likeness (QED) is 0.317. The number of ether oxygens (including phenoxy) is 3. The molecule has 2 aromatic carbocycles. The minimum absolute atomic E-state index is 0.0375. The van der Waals surface area contributed by atoms with Gasteiger partial charge in [-0.1, -0.05) is 0 Å². The van der Waals surface area contributed by atoms with Gasteiger partial charge in [0.25, 0.3) is 11.8 Å². The SMILES string of the molecule is COc1cc(C=NNC(=O)CNC(=O)c2ccc3c(c2)OCO3)cc(I)c1O. The molecule has 0 saturated carbocycles. The first-order valence-electron chi connectivity index (χ1n) is 8.04. The van der Waals surface area contributed by atoms with E-state index in [1.807, 2.05) is 22.6 Å². The molecule has 3 rings (SSSR count). The number of fused-ring (bicyclic) bond motifs is 1. The second-order valence-electron chi connectivity index (χ2n) is 5.60. The van der Waals surface area contributed by atoms with Crippen LogP contribution in [0.25, 0.3) is 0 Å². The number of nitrogens with zero attached hydrogens (tertiary/aromatic N) is 1. The number of hydrogen-bond donors (Lipinski definition) is 3. The number of phenolic OH excluding ortho intramolecular Hbond substituents is 1. The summed E-state index contributed by atoms with van der Waals surface area (Å²) in [4.78, 5) is 24.0. The first-order chi connectivity index (χ1) is 13.5. The molecule has 3 N–H and O–H groups in total. The number of hydrogen-bond acceptors (Lipinski definition) is 7. The van der Waals surface area contributed by atoms with Crippen LogP contribution in [0.3, 0.4) is 0 Å². The number of carbonyl (C=O) groups excluding carboxylic acids is 2. The molecule has 2 amide bonds. The molecule has 0 unspecified atom stereocenters. The number of aromatic hydroxyl groups is 1. The summed E-state index contributed by atoms with van der Waals surface area (Å²) in [5.41, 5.74) is 3.30. The fourth-order valence-electron chi connectivity index (χ4n) is 2.34. The zero-order valence-electron chi connectivity index (χ0n) is 14.7. The van der Waals surface area contributed by atoms with E-state index >= 15 is 0 Å². The van der Waals surface area contributed by atoms with Crippen molar-refractivity contribution in [2.75, 3.05) is 20.4 Å². The molecule has 0 aromatic heterocycles. The highest BCUT2D eigenvalue weighted by Crippen LogP contribution is 2.33. The van der Waals surface area contributed by atoms with Gasteiger partial charge in [0.1, 0.15) is 0 Å². The van der Waals surface area contributed by atoms with Crippen molar-refractivity contribution in [3.8, 4) is 23.0 Å². The zero-order valence-corrected chi connectivity index (χ0v) is 16.8. The molecular formula is C18H16IN3O6. The predicted octanol–water partition coefficient (Wildman–Crippen LogP) is 1.61. The van der Waals surface area contributed by atoms with Gasteiger partial charge in [-0.3, -0.25) is 9.59 Å². The van der Waals surface area contributed by atoms with Crippen LogP contribution in [0.5, 0.6) is 23.0 Å². The average Bonchev–Trinajstić information content (AvgIpc) is 3.16. The Labute approximate surface area is 173 Å². The van der Waals surface area contributed by atoms with E-state index in [1.165, 1.54) is 13.3 Å². The maximum Gasteiger partial charge on any atom is 0.259 e. The molecule has 9 nitrogen and oxygen atoms in total. The van der Waals surface area contributed by atoms with Gasteiger partial charge in [0.2, 0.25) is 6.79 Å². The van der Waals surface area contributed by atoms with E-state index in [-0.39, 0.29) is 19.1 Å². The third-order valence-corrected chi connectivity index (χ3v) is 4.54. The van der Waals surface area contributed by atoms with E-state index in [9.17, 15) is 14.7 Å². The number of nitrogens with one attached hydrogen (secondary N) is 2. The maximum atomic E-state index is 12.1. The third-order valence-electron chi connectivity index (χ3n) is 3.72. The lowest BCUT2D eigenvalue weighted by atomic mass is 10.2. The van der Waals surface area contributed by atoms with E-state index in [2.05, 4.69) is 15.8 Å². The molecule has 1 heterocycles. The van der Waals surface area contributed by atoms with Crippen LogP contribution in [-0.2, 0) is 4.79 Å². The molecule has 0 aliphatic carbocycles. The van der Waals surface area contributed by atoms with Crippen molar-refractivity contribution < 1.29 is 28.9 Å². The maximum absolute atomic E-state index is 12.1. The average molecular weight is 497 g/mol. The molecule has 0 fully saturated rings. The Balaban J connectivity index is 1.51. The van der Waals surface area contributed by atoms with Crippen molar-refractivity contribution >= 4 is 40.6 Å². The fraction of sp³-hybridized carbons (Fsp3) is 0.167. The first kappa shape index (κ1) is 19.7. The molecule has 2 aromatic rings. The van der Waals surface area contributed by atoms with Gasteiger partial charge in [0.05, 0.1) is 23.4 Å². The monoisotopic (exact) mass is 497 g/mol. The Morgan fingerprint density at radius 1 is 1.29 bits per heavy atom. The Morgan fingerprint density at radius 2 is 2.07 bits per heavy atom. The van der Waals surface area contributed by atoms with Crippen LogP contribution >= 0.6 is 22.6 Å². The summed E-state index contributed by atoms with van der Waals surface area (Å²) < 4.78 is 16.0. The molecular weight excluding hydrogens is 481 g/mol. The van der Waals surface area contributed by atoms with Gasteiger partial charge < -0.3 is 24.6 Å². The van der Waals surface area contributed by atoms with Gasteiger partial charge in [-0.2, -0.15) is 5.10 Å². The fourth-order valence-corrected chi connectivity index (χ4v) is 2.97. The van der Waals surface area contributed by atoms with Crippen molar-refractivity contribution in [3.63, 3.8) is 0 Å². The number of carbonyl (C=O) groups is 2. The van der Waals surface area contributed by atoms with E-state index in [1.54, 1.807) is 30.3 Å². The van der Waals surface area contributed by atoms with Crippen LogP contribution < -0.4 is 25.0 Å². The lowest BCUT2D eigenvalue weighted by Crippen LogP contribution is -2.34. The lowest BCUT2D eigenvalue weighted by Gasteiger charge is -2.06. The lowest BCUT2D eigenvalue weighted by molar-refractivity contribution is -0.120.